The average Bonchev–Trinajstić information content (AvgIpc) is 3.23. The van der Waals surface area contributed by atoms with Crippen LogP contribution in [0.4, 0.5) is 17.1 Å². The van der Waals surface area contributed by atoms with E-state index in [1.165, 1.54) is 5.56 Å². The Hall–Kier alpha value is -4.13. The topological polar surface area (TPSA) is 179 Å². The molecule has 0 aromatic heterocycles. The summed E-state index contributed by atoms with van der Waals surface area (Å²) in [6.07, 6.45) is 2.00. The fourth-order valence-corrected chi connectivity index (χ4v) is 3.31. The average molecular weight is 462 g/mol. The van der Waals surface area contributed by atoms with Crippen LogP contribution in [0.5, 0.6) is 5.75 Å². The summed E-state index contributed by atoms with van der Waals surface area (Å²) in [7, 11) is 0. The van der Waals surface area contributed by atoms with Crippen molar-refractivity contribution >= 4 is 23.0 Å². The molecule has 13 nitrogen and oxygen atoms in total. The third kappa shape index (κ3) is 6.67. The van der Waals surface area contributed by atoms with Crippen LogP contribution in [0.15, 0.2) is 42.5 Å². The fraction of sp³-hybridized carbons (Fsp3) is 0.350. The number of benzene rings is 2. The second-order valence-corrected chi connectivity index (χ2v) is 6.97. The van der Waals surface area contributed by atoms with Crippen molar-refractivity contribution in [1.29, 1.82) is 0 Å². The number of hydrogen-bond donors (Lipinski definition) is 1. The smallest absolute Gasteiger partial charge is 0.324 e. The lowest BCUT2D eigenvalue weighted by Gasteiger charge is -2.22. The fourth-order valence-electron chi connectivity index (χ4n) is 3.31. The molecule has 13 heteroatoms. The third-order valence-electron chi connectivity index (χ3n) is 4.81. The zero-order valence-electron chi connectivity index (χ0n) is 17.7. The summed E-state index contributed by atoms with van der Waals surface area (Å²) in [5, 5.41) is 40.2. The quantitative estimate of drug-likeness (QED) is 0.364. The van der Waals surface area contributed by atoms with Gasteiger partial charge in [0.05, 0.1) is 33.5 Å². The van der Waals surface area contributed by atoms with Crippen LogP contribution < -0.4 is 0 Å². The molecule has 176 valence electrons. The van der Waals surface area contributed by atoms with E-state index in [1.54, 1.807) is 0 Å². The van der Waals surface area contributed by atoms with E-state index in [2.05, 4.69) is 17.0 Å². The molecule has 1 aliphatic heterocycles. The molecular formula is C20H22N4O9. The Kier molecular flexibility index (Phi) is 8.74. The summed E-state index contributed by atoms with van der Waals surface area (Å²) >= 11 is 0. The lowest BCUT2D eigenvalue weighted by atomic mass is 10.2. The minimum atomic E-state index is -1.21. The maximum Gasteiger partial charge on any atom is 0.324 e. The highest BCUT2D eigenvalue weighted by atomic mass is 16.6. The summed E-state index contributed by atoms with van der Waals surface area (Å²) < 4.78 is 5.11. The van der Waals surface area contributed by atoms with Crippen molar-refractivity contribution in [2.24, 2.45) is 0 Å². The Bertz CT molecular complexity index is 994. The van der Waals surface area contributed by atoms with E-state index in [1.807, 2.05) is 25.1 Å². The van der Waals surface area contributed by atoms with Crippen LogP contribution in [-0.4, -0.2) is 49.9 Å². The van der Waals surface area contributed by atoms with Gasteiger partial charge in [0.25, 0.3) is 11.4 Å². The molecule has 0 spiro atoms. The summed E-state index contributed by atoms with van der Waals surface area (Å²) in [5.41, 5.74) is -1.75. The molecule has 1 fully saturated rings. The van der Waals surface area contributed by atoms with Crippen LogP contribution in [0, 0.1) is 30.3 Å². The molecule has 0 bridgehead atoms. The molecular weight excluding hydrogens is 440 g/mol. The van der Waals surface area contributed by atoms with Gasteiger partial charge in [-0.1, -0.05) is 30.3 Å². The number of carbonyl (C=O) groups is 1. The Balaban J connectivity index is 0.000000234. The van der Waals surface area contributed by atoms with E-state index in [-0.39, 0.29) is 12.0 Å². The number of likely N-dealkylation sites (tertiary alicyclic amines) is 1. The summed E-state index contributed by atoms with van der Waals surface area (Å²) in [6, 6.07) is 11.1. The molecule has 33 heavy (non-hydrogen) atoms. The summed E-state index contributed by atoms with van der Waals surface area (Å²) in [6.45, 7) is 4.14. The predicted octanol–water partition coefficient (Wildman–Crippen LogP) is 3.33. The molecule has 1 saturated heterocycles. The summed E-state index contributed by atoms with van der Waals surface area (Å²) in [5.74, 6) is -1.28. The van der Waals surface area contributed by atoms with E-state index >= 15 is 0 Å². The lowest BCUT2D eigenvalue weighted by molar-refractivity contribution is -0.404. The highest BCUT2D eigenvalue weighted by Gasteiger charge is 2.32. The van der Waals surface area contributed by atoms with Crippen molar-refractivity contribution in [3.63, 3.8) is 0 Å². The molecule has 1 atom stereocenters. The normalized spacial score (nSPS) is 15.2. The first-order chi connectivity index (χ1) is 15.6. The zero-order chi connectivity index (χ0) is 24.5. The van der Waals surface area contributed by atoms with Crippen LogP contribution in [0.3, 0.4) is 0 Å². The third-order valence-corrected chi connectivity index (χ3v) is 4.81. The number of carbonyl (C=O) groups excluding carboxylic acids is 1. The van der Waals surface area contributed by atoms with Gasteiger partial charge in [0.2, 0.25) is 0 Å². The number of esters is 1. The number of phenolic OH excluding ortho intramolecular Hbond substituents is 1. The van der Waals surface area contributed by atoms with Gasteiger partial charge in [-0.15, -0.1) is 0 Å². The molecule has 1 unspecified atom stereocenters. The van der Waals surface area contributed by atoms with Gasteiger partial charge in [0.1, 0.15) is 6.04 Å². The Morgan fingerprint density at radius 3 is 2.12 bits per heavy atom. The number of rotatable bonds is 7. The van der Waals surface area contributed by atoms with Crippen LogP contribution in [0.25, 0.3) is 0 Å². The number of nitrogens with zero attached hydrogens (tertiary/aromatic N) is 4. The second-order valence-electron chi connectivity index (χ2n) is 6.97. The van der Waals surface area contributed by atoms with Crippen LogP contribution in [-0.2, 0) is 16.1 Å². The summed E-state index contributed by atoms with van der Waals surface area (Å²) in [4.78, 5) is 41.8. The van der Waals surface area contributed by atoms with Crippen LogP contribution in [0.2, 0.25) is 0 Å². The maximum atomic E-state index is 11.8. The van der Waals surface area contributed by atoms with Crippen molar-refractivity contribution in [2.75, 3.05) is 13.2 Å². The number of phenols is 1. The Morgan fingerprint density at radius 1 is 1.06 bits per heavy atom. The number of non-ortho nitro benzene ring substituents is 1. The van der Waals surface area contributed by atoms with E-state index in [9.17, 15) is 35.1 Å². The molecule has 2 aromatic rings. The van der Waals surface area contributed by atoms with Gasteiger partial charge in [-0.25, -0.2) is 0 Å². The van der Waals surface area contributed by atoms with E-state index in [0.29, 0.717) is 18.7 Å². The second kappa shape index (κ2) is 11.5. The van der Waals surface area contributed by atoms with Crippen LogP contribution in [0.1, 0.15) is 25.3 Å². The molecule has 1 N–H and O–H groups in total. The highest BCUT2D eigenvalue weighted by molar-refractivity contribution is 5.76. The first-order valence-corrected chi connectivity index (χ1v) is 9.90. The van der Waals surface area contributed by atoms with Crippen LogP contribution >= 0.6 is 0 Å². The lowest BCUT2D eigenvalue weighted by Crippen LogP contribution is -2.36. The minimum Gasteiger partial charge on any atom is -0.497 e. The Labute approximate surface area is 187 Å². The minimum absolute atomic E-state index is 0.0462. The standard InChI is InChI=1S/C14H19NO2.C6H3N3O7/c1-2-17-14(16)13-9-6-10-15(13)11-12-7-4-3-5-8-12;10-6-4(8(13)14)1-3(7(11)12)2-5(6)9(15)16/h3-5,7-8,13H,2,6,9-11H2,1H3;1-2,10H. The molecule has 3 rings (SSSR count). The molecule has 0 radical (unpaired) electrons. The zero-order valence-corrected chi connectivity index (χ0v) is 17.7. The molecule has 0 saturated carbocycles. The molecule has 0 amide bonds. The Morgan fingerprint density at radius 2 is 1.64 bits per heavy atom. The van der Waals surface area contributed by atoms with Crippen molar-refractivity contribution in [3.05, 3.63) is 78.4 Å². The van der Waals surface area contributed by atoms with E-state index in [4.69, 9.17) is 9.84 Å². The van der Waals surface area contributed by atoms with Crippen molar-refractivity contribution in [3.8, 4) is 5.75 Å². The number of ether oxygens (including phenoxy) is 1. The molecule has 2 aromatic carbocycles. The van der Waals surface area contributed by atoms with Crippen molar-refractivity contribution in [1.82, 2.24) is 4.90 Å². The number of nitro benzene ring substituents is 3. The first-order valence-electron chi connectivity index (χ1n) is 9.90. The van der Waals surface area contributed by atoms with Crippen molar-refractivity contribution in [2.45, 2.75) is 32.4 Å². The SMILES string of the molecule is CCOC(=O)C1CCCN1Cc1ccccc1.O=[N+]([O-])c1cc([N+](=O)[O-])c(O)c([N+](=O)[O-])c1. The van der Waals surface area contributed by atoms with Gasteiger partial charge in [-0.3, -0.25) is 40.0 Å². The number of hydrogen-bond acceptors (Lipinski definition) is 10. The molecule has 0 aliphatic carbocycles. The van der Waals surface area contributed by atoms with E-state index in [0.717, 1.165) is 25.9 Å². The number of nitro groups is 3. The first kappa shape index (κ1) is 25.1. The van der Waals surface area contributed by atoms with Gasteiger partial charge in [0.15, 0.2) is 0 Å². The van der Waals surface area contributed by atoms with Gasteiger partial charge < -0.3 is 9.84 Å². The number of aromatic hydroxyl groups is 1. The van der Waals surface area contributed by atoms with Gasteiger partial charge >= 0.3 is 17.3 Å². The van der Waals surface area contributed by atoms with Crippen molar-refractivity contribution < 1.29 is 29.4 Å². The van der Waals surface area contributed by atoms with Gasteiger partial charge in [-0.2, -0.15) is 0 Å². The largest absolute Gasteiger partial charge is 0.497 e. The highest BCUT2D eigenvalue weighted by Crippen LogP contribution is 2.38. The molecule has 1 aliphatic rings. The monoisotopic (exact) mass is 462 g/mol. The van der Waals surface area contributed by atoms with Gasteiger partial charge in [0, 0.05) is 6.54 Å². The predicted molar refractivity (Wildman–Crippen MR) is 115 cm³/mol. The van der Waals surface area contributed by atoms with E-state index < -0.39 is 37.6 Å². The van der Waals surface area contributed by atoms with Gasteiger partial charge in [-0.05, 0) is 31.9 Å². The maximum absolute atomic E-state index is 11.8. The molecule has 1 heterocycles.